The van der Waals surface area contributed by atoms with Crippen molar-refractivity contribution in [2.45, 2.75) is 13.5 Å². The molecule has 90 valence electrons. The molecule has 0 aliphatic carbocycles. The Hall–Kier alpha value is -2.04. The number of methoxy groups -OCH3 is 1. The lowest BCUT2D eigenvalue weighted by Crippen LogP contribution is -2.00. The number of pyridine rings is 1. The van der Waals surface area contributed by atoms with Crippen molar-refractivity contribution in [2.24, 2.45) is 7.05 Å². The Kier molecular flexibility index (Phi) is 3.27. The molecule has 2 rings (SSSR count). The average Bonchev–Trinajstić information content (AvgIpc) is 2.66. The summed E-state index contributed by atoms with van der Waals surface area (Å²) in [5.41, 5.74) is 3.19. The predicted molar refractivity (Wildman–Crippen MR) is 66.1 cm³/mol. The second-order valence-corrected chi connectivity index (χ2v) is 3.86. The van der Waals surface area contributed by atoms with Gasteiger partial charge in [-0.15, -0.1) is 0 Å². The molecule has 5 heteroatoms. The minimum absolute atomic E-state index is 0.619. The Bertz CT molecular complexity index is 490. The molecule has 0 bridgehead atoms. The van der Waals surface area contributed by atoms with E-state index in [9.17, 15) is 0 Å². The maximum Gasteiger partial charge on any atom is 0.213 e. The van der Waals surface area contributed by atoms with E-state index in [-0.39, 0.29) is 0 Å². The maximum absolute atomic E-state index is 5.00. The molecule has 0 radical (unpaired) electrons. The number of anilines is 1. The molecule has 1 N–H and O–H groups in total. The molecule has 0 aliphatic rings. The quantitative estimate of drug-likeness (QED) is 0.872. The van der Waals surface area contributed by atoms with Gasteiger partial charge in [-0.3, -0.25) is 4.68 Å². The molecule has 2 aromatic rings. The molecule has 0 atom stereocenters. The molecule has 5 nitrogen and oxygen atoms in total. The van der Waals surface area contributed by atoms with E-state index in [4.69, 9.17) is 4.74 Å². The molecule has 0 aromatic carbocycles. The number of ether oxygens (including phenoxy) is 1. The van der Waals surface area contributed by atoms with Gasteiger partial charge in [-0.05, 0) is 13.0 Å². The summed E-state index contributed by atoms with van der Waals surface area (Å²) in [6.07, 6.45) is 3.77. The SMILES string of the molecule is COc1ccc(NCc2cn(C)nc2C)cn1. The minimum Gasteiger partial charge on any atom is -0.481 e. The molecule has 0 fully saturated rings. The van der Waals surface area contributed by atoms with Crippen molar-refractivity contribution in [1.82, 2.24) is 14.8 Å². The molecule has 0 amide bonds. The van der Waals surface area contributed by atoms with Crippen molar-refractivity contribution >= 4 is 5.69 Å². The van der Waals surface area contributed by atoms with Crippen LogP contribution in [0, 0.1) is 6.92 Å². The van der Waals surface area contributed by atoms with E-state index >= 15 is 0 Å². The van der Waals surface area contributed by atoms with Gasteiger partial charge in [0.25, 0.3) is 0 Å². The van der Waals surface area contributed by atoms with Gasteiger partial charge in [-0.2, -0.15) is 5.10 Å². The van der Waals surface area contributed by atoms with Crippen molar-refractivity contribution < 1.29 is 4.74 Å². The molecular weight excluding hydrogens is 216 g/mol. The van der Waals surface area contributed by atoms with Gasteiger partial charge in [0, 0.05) is 31.4 Å². The van der Waals surface area contributed by atoms with Crippen LogP contribution in [0.3, 0.4) is 0 Å². The number of hydrogen-bond acceptors (Lipinski definition) is 4. The number of nitrogens with one attached hydrogen (secondary N) is 1. The maximum atomic E-state index is 5.00. The first-order valence-corrected chi connectivity index (χ1v) is 5.42. The largest absolute Gasteiger partial charge is 0.481 e. The van der Waals surface area contributed by atoms with Crippen molar-refractivity contribution in [3.05, 3.63) is 35.8 Å². The third kappa shape index (κ3) is 2.75. The molecule has 0 saturated heterocycles. The Balaban J connectivity index is 1.99. The van der Waals surface area contributed by atoms with Crippen LogP contribution in [0.15, 0.2) is 24.5 Å². The Morgan fingerprint density at radius 3 is 2.76 bits per heavy atom. The number of hydrogen-bond donors (Lipinski definition) is 1. The fourth-order valence-electron chi connectivity index (χ4n) is 1.63. The smallest absolute Gasteiger partial charge is 0.213 e. The molecule has 17 heavy (non-hydrogen) atoms. The van der Waals surface area contributed by atoms with Crippen LogP contribution < -0.4 is 10.1 Å². The lowest BCUT2D eigenvalue weighted by atomic mass is 10.2. The molecule has 2 heterocycles. The highest BCUT2D eigenvalue weighted by atomic mass is 16.5. The number of rotatable bonds is 4. The van der Waals surface area contributed by atoms with E-state index in [1.165, 1.54) is 5.56 Å². The topological polar surface area (TPSA) is 52.0 Å². The summed E-state index contributed by atoms with van der Waals surface area (Å²) in [6.45, 7) is 2.75. The van der Waals surface area contributed by atoms with Gasteiger partial charge in [-0.1, -0.05) is 0 Å². The Labute approximate surface area is 100 Å². The first kappa shape index (κ1) is 11.4. The summed E-state index contributed by atoms with van der Waals surface area (Å²) in [5.74, 6) is 0.619. The van der Waals surface area contributed by atoms with Crippen LogP contribution in [0.2, 0.25) is 0 Å². The zero-order valence-electron chi connectivity index (χ0n) is 10.3. The molecular formula is C12H16N4O. The summed E-state index contributed by atoms with van der Waals surface area (Å²) in [4.78, 5) is 4.13. The van der Waals surface area contributed by atoms with Crippen molar-refractivity contribution in [3.63, 3.8) is 0 Å². The number of aryl methyl sites for hydroxylation is 2. The number of aromatic nitrogens is 3. The van der Waals surface area contributed by atoms with E-state index in [1.807, 2.05) is 37.0 Å². The van der Waals surface area contributed by atoms with Crippen LogP contribution in [0.25, 0.3) is 0 Å². The lowest BCUT2D eigenvalue weighted by Gasteiger charge is -2.05. The van der Waals surface area contributed by atoms with Crippen LogP contribution in [0.5, 0.6) is 5.88 Å². The van der Waals surface area contributed by atoms with Gasteiger partial charge < -0.3 is 10.1 Å². The second kappa shape index (κ2) is 4.86. The Morgan fingerprint density at radius 2 is 2.24 bits per heavy atom. The first-order chi connectivity index (χ1) is 8.19. The summed E-state index contributed by atoms with van der Waals surface area (Å²) < 4.78 is 6.82. The standard InChI is InChI=1S/C12H16N4O/c1-9-10(8-16(2)15-9)6-13-11-4-5-12(17-3)14-7-11/h4-5,7-8,13H,6H2,1-3H3. The number of nitrogens with zero attached hydrogens (tertiary/aromatic N) is 3. The normalized spacial score (nSPS) is 10.3. The fourth-order valence-corrected chi connectivity index (χ4v) is 1.63. The van der Waals surface area contributed by atoms with Crippen molar-refractivity contribution in [3.8, 4) is 5.88 Å². The molecule has 0 aliphatic heterocycles. The van der Waals surface area contributed by atoms with Gasteiger partial charge in [0.1, 0.15) is 0 Å². The van der Waals surface area contributed by atoms with Gasteiger partial charge in [-0.25, -0.2) is 4.98 Å². The van der Waals surface area contributed by atoms with Crippen LogP contribution in [-0.4, -0.2) is 21.9 Å². The van der Waals surface area contributed by atoms with Crippen LogP contribution in [-0.2, 0) is 13.6 Å². The van der Waals surface area contributed by atoms with Gasteiger partial charge in [0.15, 0.2) is 0 Å². The van der Waals surface area contributed by atoms with Crippen LogP contribution >= 0.6 is 0 Å². The highest BCUT2D eigenvalue weighted by molar-refractivity contribution is 5.42. The van der Waals surface area contributed by atoms with E-state index in [2.05, 4.69) is 15.4 Å². The first-order valence-electron chi connectivity index (χ1n) is 5.42. The van der Waals surface area contributed by atoms with Gasteiger partial charge in [0.2, 0.25) is 5.88 Å². The average molecular weight is 232 g/mol. The van der Waals surface area contributed by atoms with Gasteiger partial charge >= 0.3 is 0 Å². The minimum atomic E-state index is 0.619. The highest BCUT2D eigenvalue weighted by Gasteiger charge is 2.02. The monoisotopic (exact) mass is 232 g/mol. The third-order valence-corrected chi connectivity index (χ3v) is 2.54. The summed E-state index contributed by atoms with van der Waals surface area (Å²) in [5, 5.41) is 7.59. The summed E-state index contributed by atoms with van der Waals surface area (Å²) in [6, 6.07) is 3.77. The van der Waals surface area contributed by atoms with Crippen LogP contribution in [0.1, 0.15) is 11.3 Å². The molecule has 0 unspecified atom stereocenters. The fraction of sp³-hybridized carbons (Fsp3) is 0.333. The zero-order chi connectivity index (χ0) is 12.3. The summed E-state index contributed by atoms with van der Waals surface area (Å²) in [7, 11) is 3.53. The highest BCUT2D eigenvalue weighted by Crippen LogP contribution is 2.13. The molecule has 0 spiro atoms. The zero-order valence-corrected chi connectivity index (χ0v) is 10.3. The van der Waals surface area contributed by atoms with E-state index < -0.39 is 0 Å². The Morgan fingerprint density at radius 1 is 1.41 bits per heavy atom. The predicted octanol–water partition coefficient (Wildman–Crippen LogP) is 1.74. The van der Waals surface area contributed by atoms with E-state index in [1.54, 1.807) is 13.3 Å². The van der Waals surface area contributed by atoms with Gasteiger partial charge in [0.05, 0.1) is 24.7 Å². The van der Waals surface area contributed by atoms with E-state index in [0.717, 1.165) is 17.9 Å². The molecule has 0 saturated carbocycles. The van der Waals surface area contributed by atoms with Crippen molar-refractivity contribution in [2.75, 3.05) is 12.4 Å². The molecule has 2 aromatic heterocycles. The third-order valence-electron chi connectivity index (χ3n) is 2.54. The second-order valence-electron chi connectivity index (χ2n) is 3.86. The lowest BCUT2D eigenvalue weighted by molar-refractivity contribution is 0.398. The van der Waals surface area contributed by atoms with Crippen molar-refractivity contribution in [1.29, 1.82) is 0 Å². The van der Waals surface area contributed by atoms with Crippen LogP contribution in [0.4, 0.5) is 5.69 Å². The summed E-state index contributed by atoms with van der Waals surface area (Å²) >= 11 is 0. The van der Waals surface area contributed by atoms with E-state index in [0.29, 0.717) is 5.88 Å².